The van der Waals surface area contributed by atoms with Crippen LogP contribution in [0.25, 0.3) is 0 Å². The van der Waals surface area contributed by atoms with Gasteiger partial charge in [-0.05, 0) is 30.9 Å². The molecule has 1 rings (SSSR count). The van der Waals surface area contributed by atoms with Gasteiger partial charge in [0.1, 0.15) is 5.41 Å². The predicted octanol–water partition coefficient (Wildman–Crippen LogP) is 2.03. The molecule has 1 aromatic carbocycles. The quantitative estimate of drug-likeness (QED) is 0.798. The summed E-state index contributed by atoms with van der Waals surface area (Å²) in [6.07, 6.45) is 0.429. The second kappa shape index (κ2) is 5.77. The van der Waals surface area contributed by atoms with Gasteiger partial charge in [0, 0.05) is 6.54 Å². The Morgan fingerprint density at radius 1 is 1.47 bits per heavy atom. The first-order valence-corrected chi connectivity index (χ1v) is 5.64. The number of aliphatic carboxylic acids is 1. The largest absolute Gasteiger partial charge is 0.481 e. The highest BCUT2D eigenvalue weighted by molar-refractivity contribution is 5.82. The van der Waals surface area contributed by atoms with Gasteiger partial charge in [-0.1, -0.05) is 24.3 Å². The number of nitrogens with two attached hydrogens (primary N) is 1. The minimum atomic E-state index is -1.17. The summed E-state index contributed by atoms with van der Waals surface area (Å²) in [6, 6.07) is 7.23. The topological polar surface area (TPSA) is 63.3 Å². The molecule has 94 valence electrons. The molecule has 0 aliphatic rings. The van der Waals surface area contributed by atoms with Crippen molar-refractivity contribution in [1.82, 2.24) is 0 Å². The van der Waals surface area contributed by atoms with Crippen LogP contribution in [0.15, 0.2) is 24.3 Å². The minimum absolute atomic E-state index is 0.0206. The van der Waals surface area contributed by atoms with Gasteiger partial charge in [0.05, 0.1) is 6.67 Å². The number of carbonyl (C=O) groups is 1. The van der Waals surface area contributed by atoms with Gasteiger partial charge < -0.3 is 10.8 Å². The molecule has 3 N–H and O–H groups in total. The van der Waals surface area contributed by atoms with E-state index in [1.807, 2.05) is 19.1 Å². The lowest BCUT2D eigenvalue weighted by Crippen LogP contribution is -2.43. The molecule has 17 heavy (non-hydrogen) atoms. The average Bonchev–Trinajstić information content (AvgIpc) is 2.32. The molecule has 0 aliphatic carbocycles. The molecule has 0 aliphatic heterocycles. The summed E-state index contributed by atoms with van der Waals surface area (Å²) >= 11 is 0. The van der Waals surface area contributed by atoms with Crippen LogP contribution in [0.4, 0.5) is 4.39 Å². The summed E-state index contributed by atoms with van der Waals surface area (Å²) in [5.74, 6) is -0.984. The lowest BCUT2D eigenvalue weighted by molar-refractivity contribution is -0.143. The molecule has 1 unspecified atom stereocenters. The molecule has 0 fully saturated rings. The van der Waals surface area contributed by atoms with E-state index in [0.29, 0.717) is 5.56 Å². The van der Waals surface area contributed by atoms with Crippen LogP contribution in [0.1, 0.15) is 24.0 Å². The molecule has 3 nitrogen and oxygen atoms in total. The predicted molar refractivity (Wildman–Crippen MR) is 64.8 cm³/mol. The number of carboxylic acids is 1. The number of hydrogen-bond donors (Lipinski definition) is 2. The summed E-state index contributed by atoms with van der Waals surface area (Å²) in [5.41, 5.74) is 6.04. The Bertz CT molecular complexity index is 395. The molecule has 0 radical (unpaired) electrons. The first-order chi connectivity index (χ1) is 8.08. The van der Waals surface area contributed by atoms with Crippen molar-refractivity contribution in [2.24, 2.45) is 5.73 Å². The SMILES string of the molecule is Cc1ccccc1C(CN)(CCCF)C(=O)O. The van der Waals surface area contributed by atoms with E-state index in [9.17, 15) is 14.3 Å². The molecule has 0 bridgehead atoms. The minimum Gasteiger partial charge on any atom is -0.481 e. The maximum atomic E-state index is 12.3. The van der Waals surface area contributed by atoms with Gasteiger partial charge in [0.25, 0.3) is 0 Å². The van der Waals surface area contributed by atoms with Crippen molar-refractivity contribution in [1.29, 1.82) is 0 Å². The Morgan fingerprint density at radius 2 is 2.12 bits per heavy atom. The van der Waals surface area contributed by atoms with E-state index in [1.54, 1.807) is 12.1 Å². The molecule has 0 spiro atoms. The fraction of sp³-hybridized carbons (Fsp3) is 0.462. The maximum absolute atomic E-state index is 12.3. The number of aryl methyl sites for hydroxylation is 1. The van der Waals surface area contributed by atoms with Crippen molar-refractivity contribution in [3.05, 3.63) is 35.4 Å². The highest BCUT2D eigenvalue weighted by atomic mass is 19.1. The van der Waals surface area contributed by atoms with E-state index in [2.05, 4.69) is 0 Å². The third-order valence-corrected chi connectivity index (χ3v) is 3.16. The van der Waals surface area contributed by atoms with Crippen LogP contribution in [-0.4, -0.2) is 24.3 Å². The standard InChI is InChI=1S/C13H18FNO2/c1-10-5-2-3-6-11(10)13(9-15,12(16)17)7-4-8-14/h2-3,5-6H,4,7-9,15H2,1H3,(H,16,17). The van der Waals surface area contributed by atoms with Crippen molar-refractivity contribution in [2.45, 2.75) is 25.2 Å². The Labute approximate surface area is 100 Å². The third-order valence-electron chi connectivity index (χ3n) is 3.16. The smallest absolute Gasteiger partial charge is 0.315 e. The van der Waals surface area contributed by atoms with Crippen LogP contribution < -0.4 is 5.73 Å². The number of alkyl halides is 1. The zero-order chi connectivity index (χ0) is 12.9. The Hall–Kier alpha value is -1.42. The van der Waals surface area contributed by atoms with Crippen LogP contribution in [0.3, 0.4) is 0 Å². The van der Waals surface area contributed by atoms with Crippen molar-refractivity contribution >= 4 is 5.97 Å². The lowest BCUT2D eigenvalue weighted by Gasteiger charge is -2.29. The number of benzene rings is 1. The van der Waals surface area contributed by atoms with Gasteiger partial charge in [0.2, 0.25) is 0 Å². The molecule has 0 saturated carbocycles. The summed E-state index contributed by atoms with van der Waals surface area (Å²) < 4.78 is 12.3. The molecular weight excluding hydrogens is 221 g/mol. The Kier molecular flexibility index (Phi) is 4.63. The van der Waals surface area contributed by atoms with E-state index >= 15 is 0 Å². The zero-order valence-corrected chi connectivity index (χ0v) is 9.95. The molecule has 1 aromatic rings. The van der Waals surface area contributed by atoms with Crippen LogP contribution in [0, 0.1) is 6.92 Å². The van der Waals surface area contributed by atoms with Crippen molar-refractivity contribution < 1.29 is 14.3 Å². The van der Waals surface area contributed by atoms with Crippen molar-refractivity contribution in [3.63, 3.8) is 0 Å². The summed E-state index contributed by atoms with van der Waals surface area (Å²) in [5, 5.41) is 9.43. The second-order valence-electron chi connectivity index (χ2n) is 4.20. The summed E-state index contributed by atoms with van der Waals surface area (Å²) in [4.78, 5) is 11.5. The molecule has 1 atom stereocenters. The van der Waals surface area contributed by atoms with Crippen LogP contribution in [0.5, 0.6) is 0 Å². The van der Waals surface area contributed by atoms with Gasteiger partial charge >= 0.3 is 5.97 Å². The molecule has 0 aromatic heterocycles. The average molecular weight is 239 g/mol. The molecule has 4 heteroatoms. The van der Waals surface area contributed by atoms with Gasteiger partial charge in [-0.15, -0.1) is 0 Å². The second-order valence-corrected chi connectivity index (χ2v) is 4.20. The monoisotopic (exact) mass is 239 g/mol. The summed E-state index contributed by atoms with van der Waals surface area (Å²) in [6.45, 7) is 1.30. The first-order valence-electron chi connectivity index (χ1n) is 5.64. The van der Waals surface area contributed by atoms with E-state index in [1.165, 1.54) is 0 Å². The van der Waals surface area contributed by atoms with E-state index in [4.69, 9.17) is 5.73 Å². The first kappa shape index (κ1) is 13.6. The summed E-state index contributed by atoms with van der Waals surface area (Å²) in [7, 11) is 0. The van der Waals surface area contributed by atoms with Gasteiger partial charge in [-0.3, -0.25) is 9.18 Å². The Morgan fingerprint density at radius 3 is 2.59 bits per heavy atom. The number of halogens is 1. The zero-order valence-electron chi connectivity index (χ0n) is 9.95. The highest BCUT2D eigenvalue weighted by Gasteiger charge is 2.39. The third kappa shape index (κ3) is 2.64. The van der Waals surface area contributed by atoms with Gasteiger partial charge in [-0.2, -0.15) is 0 Å². The van der Waals surface area contributed by atoms with Crippen molar-refractivity contribution in [3.8, 4) is 0 Å². The molecule has 0 saturated heterocycles. The Balaban J connectivity index is 3.22. The van der Waals surface area contributed by atoms with E-state index in [-0.39, 0.29) is 19.4 Å². The number of carboxylic acid groups (broad SMARTS) is 1. The fourth-order valence-corrected chi connectivity index (χ4v) is 2.13. The normalized spacial score (nSPS) is 14.3. The van der Waals surface area contributed by atoms with E-state index < -0.39 is 18.1 Å². The van der Waals surface area contributed by atoms with E-state index in [0.717, 1.165) is 5.56 Å². The van der Waals surface area contributed by atoms with Crippen molar-refractivity contribution in [2.75, 3.05) is 13.2 Å². The van der Waals surface area contributed by atoms with Gasteiger partial charge in [-0.25, -0.2) is 0 Å². The maximum Gasteiger partial charge on any atom is 0.315 e. The molecule has 0 amide bonds. The molecule has 0 heterocycles. The highest BCUT2D eigenvalue weighted by Crippen LogP contribution is 2.31. The number of rotatable bonds is 6. The van der Waals surface area contributed by atoms with Crippen LogP contribution >= 0.6 is 0 Å². The molecular formula is C13H18FNO2. The van der Waals surface area contributed by atoms with Crippen LogP contribution in [0.2, 0.25) is 0 Å². The lowest BCUT2D eigenvalue weighted by atomic mass is 9.75. The fourth-order valence-electron chi connectivity index (χ4n) is 2.13. The van der Waals surface area contributed by atoms with Gasteiger partial charge in [0.15, 0.2) is 0 Å². The van der Waals surface area contributed by atoms with Crippen LogP contribution in [-0.2, 0) is 10.2 Å². The number of hydrogen-bond acceptors (Lipinski definition) is 2.